The zero-order chi connectivity index (χ0) is 29.0. The third-order valence-corrected chi connectivity index (χ3v) is 7.04. The first-order valence-electron chi connectivity index (χ1n) is 12.9. The maximum Gasteiger partial charge on any atom is 0.407 e. The van der Waals surface area contributed by atoms with Gasteiger partial charge in [0.2, 0.25) is 0 Å². The van der Waals surface area contributed by atoms with Crippen molar-refractivity contribution in [1.29, 1.82) is 0 Å². The van der Waals surface area contributed by atoms with Gasteiger partial charge in [-0.15, -0.1) is 0 Å². The van der Waals surface area contributed by atoms with Crippen molar-refractivity contribution in [2.75, 3.05) is 33.9 Å². The number of aromatic nitrogens is 5. The molecule has 0 bridgehead atoms. The van der Waals surface area contributed by atoms with Crippen LogP contribution in [0.1, 0.15) is 23.5 Å². The molecule has 3 aromatic heterocycles. The van der Waals surface area contributed by atoms with E-state index >= 15 is 0 Å². The smallest absolute Gasteiger partial charge is 0.407 e. The molecule has 0 saturated carbocycles. The van der Waals surface area contributed by atoms with Gasteiger partial charge in [0.25, 0.3) is 0 Å². The molecule has 4 aromatic rings. The Morgan fingerprint density at radius 3 is 2.59 bits per heavy atom. The standard InChI is InChI=1S/C29H30FN7O4/c1-40-14-13-36(28(38)39)17-20-15-23(26-32-11-6-12-33-26)29(31,41-2)16-22(20)25-21-8-5-10-34-27(21)37(35-25)18-19-7-3-4-9-24(19)30/h3-12,15H,13-14,16-18,31H2,1-2H3,(H,38,39). The van der Waals surface area contributed by atoms with E-state index in [9.17, 15) is 14.3 Å². The maximum atomic E-state index is 14.6. The number of halogens is 1. The first-order chi connectivity index (χ1) is 19.8. The van der Waals surface area contributed by atoms with E-state index in [0.717, 1.165) is 0 Å². The van der Waals surface area contributed by atoms with Gasteiger partial charge in [0.1, 0.15) is 11.5 Å². The van der Waals surface area contributed by atoms with Crippen molar-refractivity contribution in [1.82, 2.24) is 29.6 Å². The van der Waals surface area contributed by atoms with Gasteiger partial charge in [0.15, 0.2) is 11.5 Å². The number of carbonyl (C=O) groups is 1. The number of carboxylic acid groups (broad SMARTS) is 1. The lowest BCUT2D eigenvalue weighted by atomic mass is 9.83. The molecule has 0 aliphatic heterocycles. The Kier molecular flexibility index (Phi) is 8.15. The molecular formula is C29H30FN7O4. The zero-order valence-electron chi connectivity index (χ0n) is 22.7. The normalized spacial score (nSPS) is 17.1. The Hall–Kier alpha value is -4.52. The van der Waals surface area contributed by atoms with Crippen molar-refractivity contribution in [3.8, 4) is 0 Å². The fourth-order valence-corrected chi connectivity index (χ4v) is 4.89. The van der Waals surface area contributed by atoms with Gasteiger partial charge in [-0.1, -0.05) is 18.2 Å². The van der Waals surface area contributed by atoms with Crippen LogP contribution in [0.3, 0.4) is 0 Å². The third kappa shape index (κ3) is 5.71. The number of pyridine rings is 1. The largest absolute Gasteiger partial charge is 0.465 e. The van der Waals surface area contributed by atoms with Gasteiger partial charge in [-0.25, -0.2) is 28.8 Å². The fraction of sp³-hybridized carbons (Fsp3) is 0.276. The predicted octanol–water partition coefficient (Wildman–Crippen LogP) is 3.58. The summed E-state index contributed by atoms with van der Waals surface area (Å²) in [6, 6.07) is 11.8. The Balaban J connectivity index is 1.71. The summed E-state index contributed by atoms with van der Waals surface area (Å²) in [6.07, 6.45) is 5.66. The van der Waals surface area contributed by atoms with Crippen LogP contribution in [-0.2, 0) is 16.0 Å². The predicted molar refractivity (Wildman–Crippen MR) is 150 cm³/mol. The zero-order valence-corrected chi connectivity index (χ0v) is 22.7. The Morgan fingerprint density at radius 1 is 1.12 bits per heavy atom. The van der Waals surface area contributed by atoms with Gasteiger partial charge in [-0.05, 0) is 41.5 Å². The van der Waals surface area contributed by atoms with Crippen LogP contribution in [0, 0.1) is 5.82 Å². The lowest BCUT2D eigenvalue weighted by molar-refractivity contribution is 0.0499. The summed E-state index contributed by atoms with van der Waals surface area (Å²) in [5.74, 6) is 0.0148. The fourth-order valence-electron chi connectivity index (χ4n) is 4.89. The number of fused-ring (bicyclic) bond motifs is 1. The molecule has 5 rings (SSSR count). The van der Waals surface area contributed by atoms with Crippen LogP contribution in [0.4, 0.5) is 9.18 Å². The molecule has 212 valence electrons. The van der Waals surface area contributed by atoms with Gasteiger partial charge >= 0.3 is 6.09 Å². The van der Waals surface area contributed by atoms with Gasteiger partial charge < -0.3 is 19.5 Å². The molecule has 1 amide bonds. The highest BCUT2D eigenvalue weighted by Crippen LogP contribution is 2.42. The molecule has 3 heterocycles. The van der Waals surface area contributed by atoms with Gasteiger partial charge in [0.05, 0.1) is 18.8 Å². The summed E-state index contributed by atoms with van der Waals surface area (Å²) >= 11 is 0. The Labute approximate surface area is 235 Å². The van der Waals surface area contributed by atoms with Crippen LogP contribution < -0.4 is 5.73 Å². The average molecular weight is 560 g/mol. The summed E-state index contributed by atoms with van der Waals surface area (Å²) in [5.41, 5.74) is 8.86. The lowest BCUT2D eigenvalue weighted by Gasteiger charge is -2.36. The molecule has 12 heteroatoms. The highest BCUT2D eigenvalue weighted by atomic mass is 19.1. The van der Waals surface area contributed by atoms with Crippen LogP contribution >= 0.6 is 0 Å². The average Bonchev–Trinajstić information content (AvgIpc) is 3.35. The number of amides is 1. The van der Waals surface area contributed by atoms with E-state index in [1.807, 2.05) is 6.07 Å². The molecular weight excluding hydrogens is 529 g/mol. The van der Waals surface area contributed by atoms with E-state index < -0.39 is 11.8 Å². The monoisotopic (exact) mass is 559 g/mol. The third-order valence-electron chi connectivity index (χ3n) is 7.04. The van der Waals surface area contributed by atoms with Crippen molar-refractivity contribution in [2.24, 2.45) is 5.73 Å². The van der Waals surface area contributed by atoms with Gasteiger partial charge in [-0.3, -0.25) is 5.73 Å². The molecule has 1 aromatic carbocycles. The first-order valence-corrected chi connectivity index (χ1v) is 12.9. The van der Waals surface area contributed by atoms with Gasteiger partial charge in [-0.2, -0.15) is 5.10 Å². The van der Waals surface area contributed by atoms with E-state index in [-0.39, 0.29) is 38.5 Å². The van der Waals surface area contributed by atoms with E-state index in [1.54, 1.807) is 59.7 Å². The number of nitrogens with zero attached hydrogens (tertiary/aromatic N) is 6. The van der Waals surface area contributed by atoms with Crippen LogP contribution in [0.15, 0.2) is 72.7 Å². The maximum absolute atomic E-state index is 14.6. The summed E-state index contributed by atoms with van der Waals surface area (Å²) < 4.78 is 27.2. The van der Waals surface area contributed by atoms with E-state index in [2.05, 4.69) is 15.0 Å². The highest BCUT2D eigenvalue weighted by Gasteiger charge is 2.39. The molecule has 0 radical (unpaired) electrons. The number of hydrogen-bond acceptors (Lipinski definition) is 8. The minimum absolute atomic E-state index is 0.0199. The summed E-state index contributed by atoms with van der Waals surface area (Å²) in [5, 5.41) is 15.6. The quantitative estimate of drug-likeness (QED) is 0.279. The molecule has 1 unspecified atom stereocenters. The number of ether oxygens (including phenoxy) is 2. The second-order valence-corrected chi connectivity index (χ2v) is 9.57. The molecule has 41 heavy (non-hydrogen) atoms. The van der Waals surface area contributed by atoms with Crippen molar-refractivity contribution >= 4 is 28.3 Å². The molecule has 0 spiro atoms. The topological polar surface area (TPSA) is 142 Å². The van der Waals surface area contributed by atoms with Crippen molar-refractivity contribution in [3.05, 3.63) is 95.6 Å². The number of rotatable bonds is 10. The van der Waals surface area contributed by atoms with Crippen molar-refractivity contribution in [3.63, 3.8) is 0 Å². The molecule has 3 N–H and O–H groups in total. The number of nitrogens with two attached hydrogens (primary N) is 1. The van der Waals surface area contributed by atoms with E-state index in [1.165, 1.54) is 25.2 Å². The molecule has 0 fully saturated rings. The van der Waals surface area contributed by atoms with Crippen molar-refractivity contribution in [2.45, 2.75) is 18.7 Å². The minimum atomic E-state index is -1.34. The first kappa shape index (κ1) is 28.0. The molecule has 11 nitrogen and oxygen atoms in total. The van der Waals surface area contributed by atoms with Crippen LogP contribution in [0.2, 0.25) is 0 Å². The molecule has 1 atom stereocenters. The molecule has 1 aliphatic carbocycles. The van der Waals surface area contributed by atoms with Crippen LogP contribution in [0.25, 0.3) is 22.2 Å². The highest BCUT2D eigenvalue weighted by molar-refractivity contribution is 5.93. The van der Waals surface area contributed by atoms with Crippen LogP contribution in [0.5, 0.6) is 0 Å². The van der Waals surface area contributed by atoms with Crippen LogP contribution in [-0.4, -0.2) is 80.5 Å². The SMILES string of the molecule is COCCN(CC1=C(c2nn(Cc3ccccc3F)c3ncccc23)CC(N)(OC)C(c2ncccn2)=C1)C(=O)O. The van der Waals surface area contributed by atoms with E-state index in [0.29, 0.717) is 44.8 Å². The molecule has 1 aliphatic rings. The van der Waals surface area contributed by atoms with Crippen molar-refractivity contribution < 1.29 is 23.8 Å². The minimum Gasteiger partial charge on any atom is -0.465 e. The second kappa shape index (κ2) is 11.9. The summed E-state index contributed by atoms with van der Waals surface area (Å²) in [7, 11) is 3.01. The Bertz CT molecular complexity index is 1620. The number of methoxy groups -OCH3 is 2. The second-order valence-electron chi connectivity index (χ2n) is 9.57. The van der Waals surface area contributed by atoms with E-state index in [4.69, 9.17) is 20.3 Å². The number of benzene rings is 1. The molecule has 0 saturated heterocycles. The summed E-state index contributed by atoms with van der Waals surface area (Å²) in [6.45, 7) is 0.535. The Morgan fingerprint density at radius 2 is 1.88 bits per heavy atom. The lowest BCUT2D eigenvalue weighted by Crippen LogP contribution is -2.46. The number of hydrogen-bond donors (Lipinski definition) is 2. The summed E-state index contributed by atoms with van der Waals surface area (Å²) in [4.78, 5) is 26.7. The van der Waals surface area contributed by atoms with Gasteiger partial charge in [0, 0.05) is 68.8 Å².